The fourth-order valence-electron chi connectivity index (χ4n) is 4.08. The van der Waals surface area contributed by atoms with Crippen molar-refractivity contribution in [1.82, 2.24) is 9.55 Å². The number of alkyl halides is 5. The molecular weight excluding hydrogens is 583 g/mol. The molecule has 2 aromatic heterocycles. The maximum atomic E-state index is 13.3. The van der Waals surface area contributed by atoms with Crippen molar-refractivity contribution in [2.75, 3.05) is 0 Å². The SMILES string of the molecule is CCc1ccc(COc2ccc(-c3sc4c(c3C)c(=O)[nH]c(=O)n4CC(O)C(F)F)cc2OC(F)(F)F)cc1Cl. The molecule has 2 N–H and O–H groups in total. The first-order chi connectivity index (χ1) is 18.8. The topological polar surface area (TPSA) is 93.6 Å². The average Bonchev–Trinajstić information content (AvgIpc) is 3.22. The molecule has 2 heterocycles. The van der Waals surface area contributed by atoms with Gasteiger partial charge in [0.25, 0.3) is 12.0 Å². The molecule has 0 radical (unpaired) electrons. The number of hydrogen-bond donors (Lipinski definition) is 2. The van der Waals surface area contributed by atoms with Crippen molar-refractivity contribution in [3.8, 4) is 21.9 Å². The van der Waals surface area contributed by atoms with Crippen LogP contribution in [0.25, 0.3) is 20.7 Å². The Labute approximate surface area is 232 Å². The number of fused-ring (bicyclic) bond motifs is 1. The van der Waals surface area contributed by atoms with Crippen molar-refractivity contribution >= 4 is 33.2 Å². The van der Waals surface area contributed by atoms with Crippen LogP contribution < -0.4 is 20.7 Å². The quantitative estimate of drug-likeness (QED) is 0.227. The third kappa shape index (κ3) is 6.31. The highest BCUT2D eigenvalue weighted by atomic mass is 35.5. The zero-order chi connectivity index (χ0) is 29.4. The van der Waals surface area contributed by atoms with Crippen LogP contribution in [0.2, 0.25) is 5.02 Å². The van der Waals surface area contributed by atoms with Crippen molar-refractivity contribution < 1.29 is 36.5 Å². The number of nitrogens with one attached hydrogen (secondary N) is 1. The average molecular weight is 605 g/mol. The molecule has 0 bridgehead atoms. The van der Waals surface area contributed by atoms with Crippen LogP contribution in [0.5, 0.6) is 11.5 Å². The molecule has 1 atom stereocenters. The fourth-order valence-corrected chi connectivity index (χ4v) is 5.73. The standard InChI is InChI=1S/C26H22ClF5N2O5S/c1-3-14-5-4-13(8-16(14)27)11-38-18-7-6-15(9-19(18)39-26(30,31)32)21-12(2)20-23(36)33-25(37)34(24(20)40-21)10-17(35)22(28)29/h4-9,17,22,35H,3,10-11H2,1-2H3,(H,33,36,37). The van der Waals surface area contributed by atoms with Crippen LogP contribution in [-0.4, -0.2) is 33.5 Å². The van der Waals surface area contributed by atoms with E-state index in [1.54, 1.807) is 18.2 Å². The Bertz CT molecular complexity index is 1660. The Kier molecular flexibility index (Phi) is 8.57. The summed E-state index contributed by atoms with van der Waals surface area (Å²) < 4.78 is 76.4. The summed E-state index contributed by atoms with van der Waals surface area (Å²) in [5.41, 5.74) is 0.187. The van der Waals surface area contributed by atoms with E-state index in [1.807, 2.05) is 11.9 Å². The summed E-state index contributed by atoms with van der Waals surface area (Å²) in [7, 11) is 0. The van der Waals surface area contributed by atoms with Crippen LogP contribution in [0.15, 0.2) is 46.0 Å². The second kappa shape index (κ2) is 11.6. The molecule has 40 heavy (non-hydrogen) atoms. The molecule has 2 aromatic carbocycles. The second-order valence-corrected chi connectivity index (χ2v) is 10.2. The first-order valence-electron chi connectivity index (χ1n) is 11.8. The zero-order valence-electron chi connectivity index (χ0n) is 20.9. The highest BCUT2D eigenvalue weighted by molar-refractivity contribution is 7.22. The smallest absolute Gasteiger partial charge is 0.485 e. The van der Waals surface area contributed by atoms with E-state index in [1.165, 1.54) is 19.1 Å². The van der Waals surface area contributed by atoms with Crippen LogP contribution >= 0.6 is 22.9 Å². The van der Waals surface area contributed by atoms with E-state index in [9.17, 15) is 36.6 Å². The van der Waals surface area contributed by atoms with Gasteiger partial charge in [-0.3, -0.25) is 14.3 Å². The van der Waals surface area contributed by atoms with E-state index in [0.29, 0.717) is 22.6 Å². The van der Waals surface area contributed by atoms with E-state index in [2.05, 4.69) is 4.74 Å². The van der Waals surface area contributed by atoms with Gasteiger partial charge in [0.05, 0.1) is 11.9 Å². The number of aliphatic hydroxyl groups excluding tert-OH is 1. The van der Waals surface area contributed by atoms with Gasteiger partial charge in [-0.25, -0.2) is 13.6 Å². The van der Waals surface area contributed by atoms with Gasteiger partial charge in [-0.15, -0.1) is 24.5 Å². The van der Waals surface area contributed by atoms with E-state index in [0.717, 1.165) is 27.5 Å². The molecule has 0 aliphatic carbocycles. The number of ether oxygens (including phenoxy) is 2. The number of aryl methyl sites for hydroxylation is 2. The van der Waals surface area contributed by atoms with Gasteiger partial charge in [-0.2, -0.15) is 0 Å². The number of hydrogen-bond acceptors (Lipinski definition) is 6. The molecule has 14 heteroatoms. The first-order valence-corrected chi connectivity index (χ1v) is 13.0. The highest BCUT2D eigenvalue weighted by Crippen LogP contribution is 2.41. The van der Waals surface area contributed by atoms with Gasteiger partial charge in [0.2, 0.25) is 0 Å². The predicted octanol–water partition coefficient (Wildman–Crippen LogP) is 6.05. The lowest BCUT2D eigenvalue weighted by Gasteiger charge is -2.16. The normalized spacial score (nSPS) is 12.8. The van der Waals surface area contributed by atoms with E-state index in [4.69, 9.17) is 16.3 Å². The molecule has 214 valence electrons. The van der Waals surface area contributed by atoms with Gasteiger partial charge in [-0.1, -0.05) is 30.7 Å². The number of H-pyrrole nitrogens is 1. The van der Waals surface area contributed by atoms with Gasteiger partial charge < -0.3 is 14.6 Å². The number of nitrogens with zero attached hydrogens (tertiary/aromatic N) is 1. The minimum Gasteiger partial charge on any atom is -0.485 e. The monoisotopic (exact) mass is 604 g/mol. The third-order valence-electron chi connectivity index (χ3n) is 6.05. The summed E-state index contributed by atoms with van der Waals surface area (Å²) in [6, 6.07) is 8.96. The van der Waals surface area contributed by atoms with Gasteiger partial charge in [0.1, 0.15) is 17.5 Å². The van der Waals surface area contributed by atoms with E-state index < -0.39 is 42.4 Å². The molecule has 0 aliphatic rings. The lowest BCUT2D eigenvalue weighted by atomic mass is 10.1. The van der Waals surface area contributed by atoms with Gasteiger partial charge in [0.15, 0.2) is 11.5 Å². The summed E-state index contributed by atoms with van der Waals surface area (Å²) in [5.74, 6) is -0.872. The molecule has 0 amide bonds. The first kappa shape index (κ1) is 29.6. The third-order valence-corrected chi connectivity index (χ3v) is 7.77. The lowest BCUT2D eigenvalue weighted by Crippen LogP contribution is -2.35. The number of aromatic amines is 1. The number of thiophene rings is 1. The molecule has 4 rings (SSSR count). The highest BCUT2D eigenvalue weighted by Gasteiger charge is 2.33. The van der Waals surface area contributed by atoms with Gasteiger partial charge >= 0.3 is 12.1 Å². The Morgan fingerprint density at radius 3 is 2.48 bits per heavy atom. The van der Waals surface area contributed by atoms with Crippen LogP contribution in [-0.2, 0) is 19.6 Å². The van der Waals surface area contributed by atoms with E-state index in [-0.39, 0.29) is 33.0 Å². The molecule has 0 spiro atoms. The fraction of sp³-hybridized carbons (Fsp3) is 0.308. The summed E-state index contributed by atoms with van der Waals surface area (Å²) >= 11 is 7.05. The van der Waals surface area contributed by atoms with Crippen molar-refractivity contribution in [3.05, 3.63) is 78.9 Å². The maximum absolute atomic E-state index is 13.3. The van der Waals surface area contributed by atoms with E-state index >= 15 is 0 Å². The lowest BCUT2D eigenvalue weighted by molar-refractivity contribution is -0.275. The van der Waals surface area contributed by atoms with Crippen LogP contribution in [0.1, 0.15) is 23.6 Å². The summed E-state index contributed by atoms with van der Waals surface area (Å²) in [6.45, 7) is 2.52. The number of rotatable bonds is 9. The summed E-state index contributed by atoms with van der Waals surface area (Å²) in [5, 5.41) is 10.1. The Morgan fingerprint density at radius 2 is 1.85 bits per heavy atom. The Hall–Kier alpha value is -3.42. The van der Waals surface area contributed by atoms with Crippen LogP contribution in [0.4, 0.5) is 22.0 Å². The molecule has 4 aromatic rings. The number of aromatic nitrogens is 2. The van der Waals surface area contributed by atoms with Crippen molar-refractivity contribution in [3.63, 3.8) is 0 Å². The second-order valence-electron chi connectivity index (χ2n) is 8.79. The number of halogens is 6. The molecule has 0 saturated heterocycles. The van der Waals surface area contributed by atoms with Crippen LogP contribution in [0.3, 0.4) is 0 Å². The Morgan fingerprint density at radius 1 is 1.12 bits per heavy atom. The molecule has 0 fully saturated rings. The van der Waals surface area contributed by atoms with Crippen molar-refractivity contribution in [1.29, 1.82) is 0 Å². The largest absolute Gasteiger partial charge is 0.573 e. The minimum absolute atomic E-state index is 0.0212. The van der Waals surface area contributed by atoms with Gasteiger partial charge in [-0.05, 0) is 59.9 Å². The minimum atomic E-state index is -5.05. The van der Waals surface area contributed by atoms with Crippen LogP contribution in [0, 0.1) is 6.92 Å². The molecule has 1 unspecified atom stereocenters. The molecule has 0 saturated carbocycles. The maximum Gasteiger partial charge on any atom is 0.573 e. The molecule has 7 nitrogen and oxygen atoms in total. The molecule has 0 aliphatic heterocycles. The summed E-state index contributed by atoms with van der Waals surface area (Å²) in [4.78, 5) is 27.2. The number of aliphatic hydroxyl groups is 1. The van der Waals surface area contributed by atoms with Gasteiger partial charge in [0, 0.05) is 9.90 Å². The summed E-state index contributed by atoms with van der Waals surface area (Å²) in [6.07, 6.45) is -9.68. The zero-order valence-corrected chi connectivity index (χ0v) is 22.5. The Balaban J connectivity index is 1.76. The number of benzene rings is 2. The molecular formula is C26H22ClF5N2O5S. The van der Waals surface area contributed by atoms with Crippen molar-refractivity contribution in [2.45, 2.75) is 52.3 Å². The van der Waals surface area contributed by atoms with Crippen molar-refractivity contribution in [2.24, 2.45) is 0 Å². The predicted molar refractivity (Wildman–Crippen MR) is 141 cm³/mol.